The maximum atomic E-state index is 13.0. The van der Waals surface area contributed by atoms with Gasteiger partial charge in [-0.3, -0.25) is 32.7 Å². The molecule has 55 heavy (non-hydrogen) atoms. The third-order valence-electron chi connectivity index (χ3n) is 9.87. The van der Waals surface area contributed by atoms with Gasteiger partial charge in [0.1, 0.15) is 11.4 Å². The molecule has 0 N–H and O–H groups in total. The van der Waals surface area contributed by atoms with Crippen LogP contribution in [-0.2, 0) is 55.6 Å². The summed E-state index contributed by atoms with van der Waals surface area (Å²) in [5.41, 5.74) is -4.40. The number of alkyl halides is 3. The summed E-state index contributed by atoms with van der Waals surface area (Å²) in [7, 11) is -0.235. The molecule has 0 fully saturated rings. The molecule has 2 aliphatic rings. The lowest BCUT2D eigenvalue weighted by atomic mass is 10.1. The number of allylic oxidation sites excluding steroid dienone is 1. The molecule has 0 spiro atoms. The molecule has 0 aliphatic carbocycles. The van der Waals surface area contributed by atoms with Crippen LogP contribution in [0.2, 0.25) is 0 Å². The van der Waals surface area contributed by atoms with E-state index in [9.17, 15) is 45.6 Å². The molecule has 6 aromatic rings. The van der Waals surface area contributed by atoms with Crippen LogP contribution in [0.3, 0.4) is 0 Å². The summed E-state index contributed by atoms with van der Waals surface area (Å²) in [5.74, 6) is -0.601. The Morgan fingerprint density at radius 2 is 1.07 bits per heavy atom. The van der Waals surface area contributed by atoms with Crippen LogP contribution in [0.4, 0.5) is 13.2 Å². The topological polar surface area (TPSA) is 158 Å². The maximum Gasteiger partial charge on any atom is 0.534 e. The van der Waals surface area contributed by atoms with Crippen LogP contribution in [0.15, 0.2) is 85.9 Å². The summed E-state index contributed by atoms with van der Waals surface area (Å²) in [4.78, 5) is 63.3. The molecule has 8 rings (SSSR count). The lowest BCUT2D eigenvalue weighted by molar-refractivity contribution is -0.0509. The number of carbonyl (C=O) groups excluding carboxylic acids is 1. The van der Waals surface area contributed by atoms with E-state index < -0.39 is 38.3 Å². The number of halogens is 3. The molecule has 2 aromatic carbocycles. The number of benzene rings is 2. The summed E-state index contributed by atoms with van der Waals surface area (Å²) in [6.07, 6.45) is 2.54. The SMILES string of the molecule is Cn1c(=O)c2c(-c3ccccc3)n3c(c2n(C)c1=O)C(=O)CCC3.Cn1c(=O)c2c(-c3ccccc3)n3c(c2n(C)c1=O)C(OS(=O)(=O)C(F)(F)F)=CCC3. The van der Waals surface area contributed by atoms with E-state index in [-0.39, 0.29) is 40.9 Å². The van der Waals surface area contributed by atoms with Gasteiger partial charge in [-0.1, -0.05) is 60.7 Å². The Bertz CT molecular complexity index is 2970. The maximum absolute atomic E-state index is 13.0. The molecule has 0 bridgehead atoms. The van der Waals surface area contributed by atoms with Crippen LogP contribution in [0.5, 0.6) is 0 Å². The molecule has 0 radical (unpaired) electrons. The minimum Gasteiger partial charge on any atom is -0.374 e. The first-order valence-corrected chi connectivity index (χ1v) is 18.4. The normalized spacial score (nSPS) is 14.3. The highest BCUT2D eigenvalue weighted by molar-refractivity contribution is 7.87. The second-order valence-corrected chi connectivity index (χ2v) is 14.7. The molecule has 6 heterocycles. The fourth-order valence-corrected chi connectivity index (χ4v) is 7.85. The van der Waals surface area contributed by atoms with Gasteiger partial charge < -0.3 is 13.3 Å². The van der Waals surface area contributed by atoms with Crippen LogP contribution in [0.1, 0.15) is 35.4 Å². The molecule has 0 saturated heterocycles. The van der Waals surface area contributed by atoms with E-state index in [1.165, 1.54) is 36.4 Å². The number of carbonyl (C=O) groups is 1. The fourth-order valence-electron chi connectivity index (χ4n) is 7.37. The fraction of sp³-hybridized carbons (Fsp3) is 0.270. The van der Waals surface area contributed by atoms with Crippen molar-refractivity contribution in [3.05, 3.63) is 120 Å². The Hall–Kier alpha value is -6.17. The second kappa shape index (κ2) is 13.3. The van der Waals surface area contributed by atoms with Crippen molar-refractivity contribution in [3.63, 3.8) is 0 Å². The van der Waals surface area contributed by atoms with Crippen molar-refractivity contribution in [1.29, 1.82) is 0 Å². The minimum atomic E-state index is -5.96. The average Bonchev–Trinajstić information content (AvgIpc) is 3.71. The van der Waals surface area contributed by atoms with Gasteiger partial charge in [0.25, 0.3) is 11.1 Å². The van der Waals surface area contributed by atoms with Gasteiger partial charge in [-0.05, 0) is 30.0 Å². The van der Waals surface area contributed by atoms with Gasteiger partial charge in [-0.2, -0.15) is 21.6 Å². The van der Waals surface area contributed by atoms with Gasteiger partial charge in [-0.25, -0.2) is 9.59 Å². The molecule has 4 aromatic heterocycles. The summed E-state index contributed by atoms with van der Waals surface area (Å²) in [5, 5.41) is 0.516. The molecule has 0 atom stereocenters. The highest BCUT2D eigenvalue weighted by Crippen LogP contribution is 2.40. The highest BCUT2D eigenvalue weighted by atomic mass is 32.2. The van der Waals surface area contributed by atoms with Crippen LogP contribution in [0.25, 0.3) is 50.1 Å². The molecule has 0 amide bonds. The van der Waals surface area contributed by atoms with Crippen molar-refractivity contribution in [2.45, 2.75) is 37.9 Å². The summed E-state index contributed by atoms with van der Waals surface area (Å²) < 4.78 is 74.6. The van der Waals surface area contributed by atoms with Gasteiger partial charge in [0, 0.05) is 47.7 Å². The average molecular weight is 779 g/mol. The third kappa shape index (κ3) is 5.78. The zero-order valence-corrected chi connectivity index (χ0v) is 30.7. The minimum absolute atomic E-state index is 0.00437. The Morgan fingerprint density at radius 3 is 1.55 bits per heavy atom. The Morgan fingerprint density at radius 1 is 0.618 bits per heavy atom. The largest absolute Gasteiger partial charge is 0.534 e. The lowest BCUT2D eigenvalue weighted by Crippen LogP contribution is -2.37. The van der Waals surface area contributed by atoms with Crippen LogP contribution < -0.4 is 22.5 Å². The summed E-state index contributed by atoms with van der Waals surface area (Å²) in [6, 6.07) is 18.2. The van der Waals surface area contributed by atoms with E-state index in [0.29, 0.717) is 40.8 Å². The second-order valence-electron chi connectivity index (χ2n) is 13.2. The molecule has 0 unspecified atom stereocenters. The van der Waals surface area contributed by atoms with E-state index in [1.54, 1.807) is 37.4 Å². The first-order chi connectivity index (χ1) is 26.0. The third-order valence-corrected chi connectivity index (χ3v) is 10.8. The molecule has 286 valence electrons. The van der Waals surface area contributed by atoms with E-state index >= 15 is 0 Å². The molecule has 0 saturated carbocycles. The van der Waals surface area contributed by atoms with Crippen molar-refractivity contribution in [2.75, 3.05) is 0 Å². The summed E-state index contributed by atoms with van der Waals surface area (Å²) >= 11 is 0. The number of ketones is 1. The smallest absolute Gasteiger partial charge is 0.374 e. The number of hydrogen-bond acceptors (Lipinski definition) is 8. The van der Waals surface area contributed by atoms with Crippen LogP contribution in [-0.4, -0.2) is 47.1 Å². The van der Waals surface area contributed by atoms with Gasteiger partial charge in [-0.15, -0.1) is 0 Å². The first-order valence-electron chi connectivity index (χ1n) is 17.0. The number of hydrogen-bond donors (Lipinski definition) is 0. The molecule has 14 nitrogen and oxygen atoms in total. The predicted octanol–water partition coefficient (Wildman–Crippen LogP) is 4.00. The van der Waals surface area contributed by atoms with Crippen LogP contribution >= 0.6 is 0 Å². The number of rotatable bonds is 4. The Balaban J connectivity index is 0.000000174. The van der Waals surface area contributed by atoms with Crippen molar-refractivity contribution in [3.8, 4) is 22.5 Å². The number of Topliss-reactive ketones (excluding diaryl/α,β-unsaturated/α-hetero) is 1. The molecule has 18 heteroatoms. The van der Waals surface area contributed by atoms with Crippen molar-refractivity contribution >= 4 is 43.5 Å². The standard InChI is InChI=1S/C19H16F3N3O5S.C18H17N3O3/c1-23-16-13(17(26)24(2)18(23)27)14(11-7-4-3-5-8-11)25-10-6-9-12(15(16)25)30-31(28,29)19(20,21)22;1-19-16-13(17(23)20(2)18(19)24)14(11-7-4-3-5-8-11)21-10-6-9-12(22)15(16)21/h3-5,7-9H,6,10H2,1-2H3;3-5,7-8H,6,9-10H2,1-2H3. The van der Waals surface area contributed by atoms with Crippen LogP contribution in [0, 0.1) is 0 Å². The lowest BCUT2D eigenvalue weighted by Gasteiger charge is -2.20. The van der Waals surface area contributed by atoms with Crippen molar-refractivity contribution in [1.82, 2.24) is 27.4 Å². The zero-order chi connectivity index (χ0) is 39.7. The van der Waals surface area contributed by atoms with Gasteiger partial charge in [0.15, 0.2) is 11.5 Å². The monoisotopic (exact) mass is 778 g/mol. The van der Waals surface area contributed by atoms with Gasteiger partial charge in [0.2, 0.25) is 0 Å². The number of aryl methyl sites for hydroxylation is 2. The van der Waals surface area contributed by atoms with E-state index in [2.05, 4.69) is 4.18 Å². The van der Waals surface area contributed by atoms with E-state index in [0.717, 1.165) is 31.4 Å². The Labute approximate surface area is 309 Å². The van der Waals surface area contributed by atoms with E-state index in [4.69, 9.17) is 0 Å². The van der Waals surface area contributed by atoms with E-state index in [1.807, 2.05) is 34.9 Å². The van der Waals surface area contributed by atoms with Gasteiger partial charge in [0.05, 0.1) is 33.2 Å². The van der Waals surface area contributed by atoms with Crippen molar-refractivity contribution < 1.29 is 30.6 Å². The highest BCUT2D eigenvalue weighted by Gasteiger charge is 2.49. The molecule has 2 aliphatic heterocycles. The quantitative estimate of drug-likeness (QED) is 0.192. The zero-order valence-electron chi connectivity index (χ0n) is 29.9. The first kappa shape index (κ1) is 37.2. The number of aromatic nitrogens is 6. The van der Waals surface area contributed by atoms with Crippen molar-refractivity contribution in [2.24, 2.45) is 28.2 Å². The van der Waals surface area contributed by atoms with Gasteiger partial charge >= 0.3 is 27.0 Å². The number of fused-ring (bicyclic) bond motifs is 6. The Kier molecular flexibility index (Phi) is 8.98. The predicted molar refractivity (Wildman–Crippen MR) is 198 cm³/mol. The summed E-state index contributed by atoms with van der Waals surface area (Å²) in [6.45, 7) is 0.905. The molecular formula is C37H33F3N6O8S. The number of nitrogens with zero attached hydrogens (tertiary/aromatic N) is 6. The molecular weight excluding hydrogens is 746 g/mol.